The maximum atomic E-state index is 13.1. The summed E-state index contributed by atoms with van der Waals surface area (Å²) in [7, 11) is 1.51. The average molecular weight is 536 g/mol. The van der Waals surface area contributed by atoms with Crippen LogP contribution in [0.4, 0.5) is 32.0 Å². The van der Waals surface area contributed by atoms with Gasteiger partial charge in [-0.15, -0.1) is 0 Å². The molecule has 1 aliphatic rings. The van der Waals surface area contributed by atoms with Crippen molar-refractivity contribution in [2.75, 3.05) is 18.1 Å². The number of anilines is 1. The minimum atomic E-state index is -4.53. The molecule has 1 aromatic carbocycles. The fourth-order valence-electron chi connectivity index (χ4n) is 4.51. The van der Waals surface area contributed by atoms with Crippen LogP contribution in [0.25, 0.3) is 22.6 Å². The van der Waals surface area contributed by atoms with Gasteiger partial charge in [0.2, 0.25) is 5.88 Å². The highest BCUT2D eigenvalue weighted by Crippen LogP contribution is 2.35. The number of nitrogens with zero attached hydrogens (tertiary/aromatic N) is 6. The van der Waals surface area contributed by atoms with Gasteiger partial charge in [0.05, 0.1) is 23.5 Å². The Hall–Kier alpha value is -4.03. The van der Waals surface area contributed by atoms with Gasteiger partial charge in [-0.3, -0.25) is 0 Å². The molecular formula is C25H22F6N6O. The molecule has 0 N–H and O–H groups in total. The van der Waals surface area contributed by atoms with Gasteiger partial charge in [-0.25, -0.2) is 15.0 Å². The van der Waals surface area contributed by atoms with Crippen LogP contribution in [0.15, 0.2) is 48.8 Å². The smallest absolute Gasteiger partial charge is 0.434 e. The number of benzene rings is 1. The highest BCUT2D eigenvalue weighted by Gasteiger charge is 2.35. The summed E-state index contributed by atoms with van der Waals surface area (Å²) in [6.07, 6.45) is -6.74. The lowest BCUT2D eigenvalue weighted by atomic mass is 10.1. The Morgan fingerprint density at radius 1 is 0.974 bits per heavy atom. The lowest BCUT2D eigenvalue weighted by Gasteiger charge is -2.31. The van der Waals surface area contributed by atoms with Crippen molar-refractivity contribution < 1.29 is 31.1 Å². The number of ether oxygens (including phenoxy) is 1. The molecule has 4 aromatic rings. The van der Waals surface area contributed by atoms with E-state index >= 15 is 0 Å². The predicted molar refractivity (Wildman–Crippen MR) is 126 cm³/mol. The molecule has 1 aliphatic heterocycles. The first-order chi connectivity index (χ1) is 17.9. The Balaban J connectivity index is 1.41. The standard InChI is InChI=1S/C25H22F6N6O/c1-15-33-21(18-4-3-9-32-23(18)38-14-24(26,27)28)19-12-36(10-11-37(15)19)17-7-5-16(6-8-17)22-34-20(13-35(22)2)25(29,30)31/h3-9,13H,10-12,14H2,1-2H3. The lowest BCUT2D eigenvalue weighted by Crippen LogP contribution is -2.34. The minimum Gasteiger partial charge on any atom is -0.468 e. The largest absolute Gasteiger partial charge is 0.468 e. The van der Waals surface area contributed by atoms with Crippen LogP contribution in [-0.2, 0) is 26.3 Å². The topological polar surface area (TPSA) is 61.0 Å². The molecule has 200 valence electrons. The molecule has 0 amide bonds. The number of rotatable bonds is 5. The number of aryl methyl sites for hydroxylation is 2. The number of aromatic nitrogens is 5. The maximum absolute atomic E-state index is 13.1. The molecule has 3 aromatic heterocycles. The van der Waals surface area contributed by atoms with Crippen molar-refractivity contribution in [3.05, 3.63) is 66.0 Å². The molecule has 38 heavy (non-hydrogen) atoms. The lowest BCUT2D eigenvalue weighted by molar-refractivity contribution is -0.154. The molecule has 0 bridgehead atoms. The number of hydrogen-bond donors (Lipinski definition) is 0. The van der Waals surface area contributed by atoms with Crippen molar-refractivity contribution >= 4 is 5.69 Å². The van der Waals surface area contributed by atoms with E-state index in [1.54, 1.807) is 36.4 Å². The molecule has 0 atom stereocenters. The minimum absolute atomic E-state index is 0.152. The summed E-state index contributed by atoms with van der Waals surface area (Å²) < 4.78 is 85.8. The van der Waals surface area contributed by atoms with Crippen LogP contribution in [0.5, 0.6) is 5.88 Å². The number of fused-ring (bicyclic) bond motifs is 1. The zero-order valence-electron chi connectivity index (χ0n) is 20.3. The molecule has 0 saturated heterocycles. The molecule has 0 aliphatic carbocycles. The van der Waals surface area contributed by atoms with Crippen LogP contribution >= 0.6 is 0 Å². The summed E-state index contributed by atoms with van der Waals surface area (Å²) in [6, 6.07) is 10.3. The van der Waals surface area contributed by atoms with Gasteiger partial charge in [0.15, 0.2) is 12.3 Å². The molecule has 0 spiro atoms. The van der Waals surface area contributed by atoms with E-state index in [2.05, 4.69) is 19.9 Å². The van der Waals surface area contributed by atoms with E-state index in [1.165, 1.54) is 17.8 Å². The molecule has 0 unspecified atom stereocenters. The number of halogens is 6. The summed E-state index contributed by atoms with van der Waals surface area (Å²) in [4.78, 5) is 14.4. The first-order valence-corrected chi connectivity index (χ1v) is 11.6. The Morgan fingerprint density at radius 3 is 2.37 bits per heavy atom. The van der Waals surface area contributed by atoms with Gasteiger partial charge >= 0.3 is 12.4 Å². The number of pyridine rings is 1. The van der Waals surface area contributed by atoms with Crippen LogP contribution in [0, 0.1) is 6.92 Å². The van der Waals surface area contributed by atoms with Gasteiger partial charge in [0, 0.05) is 43.8 Å². The van der Waals surface area contributed by atoms with Gasteiger partial charge in [-0.05, 0) is 43.3 Å². The molecule has 0 fully saturated rings. The fraction of sp³-hybridized carbons (Fsp3) is 0.320. The number of imidazole rings is 2. The Labute approximate surface area is 213 Å². The summed E-state index contributed by atoms with van der Waals surface area (Å²) in [5.41, 5.74) is 2.05. The summed E-state index contributed by atoms with van der Waals surface area (Å²) in [5, 5.41) is 0. The van der Waals surface area contributed by atoms with Gasteiger partial charge in [0.25, 0.3) is 0 Å². The Bertz CT molecular complexity index is 1450. The van der Waals surface area contributed by atoms with E-state index in [0.717, 1.165) is 17.6 Å². The molecule has 5 rings (SSSR count). The summed E-state index contributed by atoms with van der Waals surface area (Å²) in [6.45, 7) is 1.98. The quantitative estimate of drug-likeness (QED) is 0.309. The second kappa shape index (κ2) is 9.37. The van der Waals surface area contributed by atoms with Gasteiger partial charge in [0.1, 0.15) is 11.6 Å². The molecule has 0 saturated carbocycles. The van der Waals surface area contributed by atoms with E-state index in [9.17, 15) is 26.3 Å². The second-order valence-corrected chi connectivity index (χ2v) is 8.89. The SMILES string of the molecule is Cc1nc(-c2cccnc2OCC(F)(F)F)c2n1CCN(c1ccc(-c3nc(C(F)(F)F)cn3C)cc1)C2. The van der Waals surface area contributed by atoms with Crippen LogP contribution in [-0.4, -0.2) is 43.4 Å². The molecule has 7 nitrogen and oxygen atoms in total. The van der Waals surface area contributed by atoms with E-state index in [-0.39, 0.29) is 11.7 Å². The van der Waals surface area contributed by atoms with Crippen molar-refractivity contribution in [1.29, 1.82) is 0 Å². The zero-order chi connectivity index (χ0) is 27.2. The third-order valence-electron chi connectivity index (χ3n) is 6.25. The fourth-order valence-corrected chi connectivity index (χ4v) is 4.51. The molecular weight excluding hydrogens is 514 g/mol. The van der Waals surface area contributed by atoms with E-state index in [0.29, 0.717) is 42.3 Å². The van der Waals surface area contributed by atoms with Gasteiger partial charge in [-0.2, -0.15) is 26.3 Å². The van der Waals surface area contributed by atoms with Crippen LogP contribution in [0.3, 0.4) is 0 Å². The molecule has 0 radical (unpaired) electrons. The Morgan fingerprint density at radius 2 is 1.71 bits per heavy atom. The van der Waals surface area contributed by atoms with Crippen LogP contribution < -0.4 is 9.64 Å². The summed E-state index contributed by atoms with van der Waals surface area (Å²) in [5.74, 6) is 0.757. The van der Waals surface area contributed by atoms with Crippen molar-refractivity contribution in [3.63, 3.8) is 0 Å². The highest BCUT2D eigenvalue weighted by molar-refractivity contribution is 5.69. The number of alkyl halides is 6. The number of hydrogen-bond acceptors (Lipinski definition) is 5. The maximum Gasteiger partial charge on any atom is 0.434 e. The van der Waals surface area contributed by atoms with Crippen molar-refractivity contribution in [1.82, 2.24) is 24.1 Å². The third-order valence-corrected chi connectivity index (χ3v) is 6.25. The first kappa shape index (κ1) is 25.6. The molecule has 13 heteroatoms. The average Bonchev–Trinajstić information content (AvgIpc) is 3.42. The molecule has 4 heterocycles. The van der Waals surface area contributed by atoms with Crippen molar-refractivity contribution in [2.24, 2.45) is 7.05 Å². The normalized spacial score (nSPS) is 14.1. The third kappa shape index (κ3) is 5.04. The zero-order valence-corrected chi connectivity index (χ0v) is 20.3. The van der Waals surface area contributed by atoms with Crippen molar-refractivity contribution in [2.45, 2.75) is 32.4 Å². The predicted octanol–water partition coefficient (Wildman–Crippen LogP) is 5.63. The highest BCUT2D eigenvalue weighted by atomic mass is 19.4. The van der Waals surface area contributed by atoms with Crippen molar-refractivity contribution in [3.8, 4) is 28.5 Å². The van der Waals surface area contributed by atoms with E-state index in [4.69, 9.17) is 4.74 Å². The van der Waals surface area contributed by atoms with E-state index < -0.39 is 24.7 Å². The van der Waals surface area contributed by atoms with E-state index in [1.807, 2.05) is 11.5 Å². The van der Waals surface area contributed by atoms with Gasteiger partial charge < -0.3 is 18.8 Å². The van der Waals surface area contributed by atoms with Gasteiger partial charge in [-0.1, -0.05) is 0 Å². The second-order valence-electron chi connectivity index (χ2n) is 8.89. The monoisotopic (exact) mass is 536 g/mol. The van der Waals surface area contributed by atoms with Crippen LogP contribution in [0.1, 0.15) is 17.2 Å². The Kier molecular flexibility index (Phi) is 6.32. The summed E-state index contributed by atoms with van der Waals surface area (Å²) >= 11 is 0. The van der Waals surface area contributed by atoms with Crippen LogP contribution in [0.2, 0.25) is 0 Å². The first-order valence-electron chi connectivity index (χ1n) is 11.6.